The van der Waals surface area contributed by atoms with Gasteiger partial charge in [-0.25, -0.2) is 0 Å². The number of ether oxygens (including phenoxy) is 1. The maximum atomic E-state index is 12.6. The minimum Gasteiger partial charge on any atom is -0.458 e. The van der Waals surface area contributed by atoms with Gasteiger partial charge in [0.25, 0.3) is 0 Å². The van der Waals surface area contributed by atoms with Crippen LogP contribution in [0.2, 0.25) is 0 Å². The number of carbonyl (C=O) groups is 3. The van der Waals surface area contributed by atoms with Crippen molar-refractivity contribution >= 4 is 17.8 Å². The molecular formula is C21H31NO4. The molecule has 2 unspecified atom stereocenters. The van der Waals surface area contributed by atoms with Gasteiger partial charge in [-0.2, -0.15) is 0 Å². The maximum absolute atomic E-state index is 12.6. The summed E-state index contributed by atoms with van der Waals surface area (Å²) in [5.41, 5.74) is -0.486. The number of likely N-dealkylation sites (tertiary alicyclic amines) is 1. The fourth-order valence-electron chi connectivity index (χ4n) is 6.59. The molecule has 5 heteroatoms. The van der Waals surface area contributed by atoms with Gasteiger partial charge < -0.3 is 4.74 Å². The van der Waals surface area contributed by atoms with Crippen molar-refractivity contribution in [2.75, 3.05) is 6.54 Å². The van der Waals surface area contributed by atoms with Gasteiger partial charge in [-0.1, -0.05) is 13.8 Å². The van der Waals surface area contributed by atoms with E-state index in [9.17, 15) is 14.4 Å². The van der Waals surface area contributed by atoms with Crippen LogP contribution in [-0.2, 0) is 19.1 Å². The van der Waals surface area contributed by atoms with Crippen LogP contribution in [0.5, 0.6) is 0 Å². The molecule has 4 saturated carbocycles. The summed E-state index contributed by atoms with van der Waals surface area (Å²) in [6.07, 6.45) is 7.47. The number of esters is 1. The average molecular weight is 361 g/mol. The molecule has 5 aliphatic rings. The van der Waals surface area contributed by atoms with Gasteiger partial charge in [0.05, 0.1) is 0 Å². The number of imide groups is 1. The molecule has 1 aliphatic heterocycles. The molecule has 26 heavy (non-hydrogen) atoms. The lowest BCUT2D eigenvalue weighted by Gasteiger charge is -2.61. The lowest BCUT2D eigenvalue weighted by molar-refractivity contribution is -0.199. The normalized spacial score (nSPS) is 41.8. The highest BCUT2D eigenvalue weighted by atomic mass is 16.6. The first-order chi connectivity index (χ1) is 12.1. The zero-order valence-corrected chi connectivity index (χ0v) is 16.4. The predicted molar refractivity (Wildman–Crippen MR) is 95.8 cm³/mol. The van der Waals surface area contributed by atoms with Crippen LogP contribution in [0.1, 0.15) is 66.2 Å². The van der Waals surface area contributed by atoms with E-state index in [1.54, 1.807) is 13.8 Å². The van der Waals surface area contributed by atoms with Crippen LogP contribution in [0.25, 0.3) is 0 Å². The smallest absolute Gasteiger partial charge is 0.326 e. The summed E-state index contributed by atoms with van der Waals surface area (Å²) in [6.45, 7) is 7.32. The first-order valence-electron chi connectivity index (χ1n) is 10.2. The van der Waals surface area contributed by atoms with E-state index in [0.29, 0.717) is 0 Å². The van der Waals surface area contributed by atoms with Crippen molar-refractivity contribution in [2.24, 2.45) is 35.0 Å². The Bertz CT molecular complexity index is 597. The summed E-state index contributed by atoms with van der Waals surface area (Å²) in [5, 5.41) is 0. The molecule has 5 fully saturated rings. The third-order valence-electron chi connectivity index (χ3n) is 8.03. The second-order valence-electron chi connectivity index (χ2n) is 10.0. The molecule has 0 spiro atoms. The maximum Gasteiger partial charge on any atom is 0.326 e. The Hall–Kier alpha value is -1.39. The lowest BCUT2D eigenvalue weighted by atomic mass is 9.46. The highest BCUT2D eigenvalue weighted by molar-refractivity contribution is 6.06. The third kappa shape index (κ3) is 2.61. The van der Waals surface area contributed by atoms with Crippen molar-refractivity contribution in [2.45, 2.75) is 71.8 Å². The SMILES string of the molecule is CC1C(=O)N(CC(=O)OC(C)(C)C23CC4CC(CC(C4)C2)C3)C(=O)C1C. The van der Waals surface area contributed by atoms with E-state index in [4.69, 9.17) is 4.74 Å². The van der Waals surface area contributed by atoms with Gasteiger partial charge in [-0.3, -0.25) is 19.3 Å². The van der Waals surface area contributed by atoms with Crippen molar-refractivity contribution in [3.05, 3.63) is 0 Å². The fourth-order valence-corrected chi connectivity index (χ4v) is 6.59. The molecule has 4 aliphatic carbocycles. The van der Waals surface area contributed by atoms with Crippen LogP contribution >= 0.6 is 0 Å². The Morgan fingerprint density at radius 2 is 1.42 bits per heavy atom. The van der Waals surface area contributed by atoms with E-state index in [1.807, 2.05) is 13.8 Å². The van der Waals surface area contributed by atoms with Crippen LogP contribution in [0.4, 0.5) is 0 Å². The molecule has 1 heterocycles. The molecule has 0 aromatic heterocycles. The number of nitrogens with zero attached hydrogens (tertiary/aromatic N) is 1. The highest BCUT2D eigenvalue weighted by Crippen LogP contribution is 2.64. The number of carbonyl (C=O) groups excluding carboxylic acids is 3. The van der Waals surface area contributed by atoms with Gasteiger partial charge >= 0.3 is 5.97 Å². The topological polar surface area (TPSA) is 63.7 Å². The van der Waals surface area contributed by atoms with Gasteiger partial charge in [-0.05, 0) is 70.1 Å². The van der Waals surface area contributed by atoms with Gasteiger partial charge in [0, 0.05) is 17.3 Å². The van der Waals surface area contributed by atoms with Crippen molar-refractivity contribution in [1.29, 1.82) is 0 Å². The monoisotopic (exact) mass is 361 g/mol. The summed E-state index contributed by atoms with van der Waals surface area (Å²) in [6, 6.07) is 0. The summed E-state index contributed by atoms with van der Waals surface area (Å²) in [4.78, 5) is 38.2. The molecule has 1 saturated heterocycles. The zero-order valence-electron chi connectivity index (χ0n) is 16.4. The number of hydrogen-bond donors (Lipinski definition) is 0. The Morgan fingerprint density at radius 3 is 1.85 bits per heavy atom. The van der Waals surface area contributed by atoms with E-state index in [-0.39, 0.29) is 35.6 Å². The fraction of sp³-hybridized carbons (Fsp3) is 0.857. The largest absolute Gasteiger partial charge is 0.458 e. The van der Waals surface area contributed by atoms with Crippen LogP contribution in [0, 0.1) is 35.0 Å². The van der Waals surface area contributed by atoms with Gasteiger partial charge in [0.1, 0.15) is 12.1 Å². The summed E-state index contributed by atoms with van der Waals surface area (Å²) >= 11 is 0. The predicted octanol–water partition coefficient (Wildman–Crippen LogP) is 3.17. The molecule has 2 amide bonds. The van der Waals surface area contributed by atoms with Crippen LogP contribution in [0.3, 0.4) is 0 Å². The third-order valence-corrected chi connectivity index (χ3v) is 8.03. The van der Waals surface area contributed by atoms with Gasteiger partial charge in [0.2, 0.25) is 11.8 Å². The van der Waals surface area contributed by atoms with Crippen LogP contribution < -0.4 is 0 Å². The van der Waals surface area contributed by atoms with E-state index < -0.39 is 11.6 Å². The second-order valence-corrected chi connectivity index (χ2v) is 10.0. The van der Waals surface area contributed by atoms with Crippen molar-refractivity contribution in [1.82, 2.24) is 4.90 Å². The van der Waals surface area contributed by atoms with Crippen LogP contribution in [-0.4, -0.2) is 34.8 Å². The molecule has 4 bridgehead atoms. The van der Waals surface area contributed by atoms with Gasteiger partial charge in [0.15, 0.2) is 0 Å². The standard InChI is InChI=1S/C21H31NO4/c1-12-13(2)19(25)22(18(12)24)11-17(23)26-20(3,4)21-8-14-5-15(9-21)7-16(6-14)10-21/h12-16H,5-11H2,1-4H3. The average Bonchev–Trinajstić information content (AvgIpc) is 2.71. The first kappa shape index (κ1) is 18.0. The molecule has 5 rings (SSSR count). The quantitative estimate of drug-likeness (QED) is 0.570. The summed E-state index contributed by atoms with van der Waals surface area (Å²) in [5.74, 6) is 0.666. The van der Waals surface area contributed by atoms with Crippen molar-refractivity contribution in [3.8, 4) is 0 Å². The Morgan fingerprint density at radius 1 is 1.00 bits per heavy atom. The molecule has 0 aromatic carbocycles. The van der Waals surface area contributed by atoms with E-state index in [1.165, 1.54) is 19.3 Å². The second kappa shape index (κ2) is 5.80. The molecule has 2 atom stereocenters. The van der Waals surface area contributed by atoms with E-state index in [2.05, 4.69) is 0 Å². The van der Waals surface area contributed by atoms with Gasteiger partial charge in [-0.15, -0.1) is 0 Å². The molecule has 0 N–H and O–H groups in total. The molecule has 0 radical (unpaired) electrons. The zero-order chi connectivity index (χ0) is 18.9. The number of rotatable bonds is 4. The lowest BCUT2D eigenvalue weighted by Crippen LogP contribution is -2.57. The summed E-state index contributed by atoms with van der Waals surface area (Å²) < 4.78 is 5.97. The molecule has 144 valence electrons. The highest BCUT2D eigenvalue weighted by Gasteiger charge is 2.59. The molecule has 5 nitrogen and oxygen atoms in total. The Labute approximate surface area is 155 Å². The minimum atomic E-state index is -0.552. The molecule has 0 aromatic rings. The number of hydrogen-bond acceptors (Lipinski definition) is 4. The van der Waals surface area contributed by atoms with E-state index in [0.717, 1.165) is 41.9 Å². The minimum absolute atomic E-state index is 0.0665. The van der Waals surface area contributed by atoms with Crippen molar-refractivity contribution in [3.63, 3.8) is 0 Å². The summed E-state index contributed by atoms with van der Waals surface area (Å²) in [7, 11) is 0. The Balaban J connectivity index is 1.46. The van der Waals surface area contributed by atoms with Crippen molar-refractivity contribution < 1.29 is 19.1 Å². The first-order valence-corrected chi connectivity index (χ1v) is 10.2. The Kier molecular flexibility index (Phi) is 4.02. The van der Waals surface area contributed by atoms with E-state index >= 15 is 0 Å². The molecular weight excluding hydrogens is 330 g/mol. The number of amides is 2. The van der Waals surface area contributed by atoms with Crippen LogP contribution in [0.15, 0.2) is 0 Å².